The molecule has 0 spiro atoms. The summed E-state index contributed by atoms with van der Waals surface area (Å²) in [7, 11) is 0. The van der Waals surface area contributed by atoms with Gasteiger partial charge in [0.05, 0.1) is 11.9 Å². The van der Waals surface area contributed by atoms with Gasteiger partial charge in [-0.3, -0.25) is 9.48 Å². The molecule has 1 aliphatic rings. The number of nitrogens with one attached hydrogen (secondary N) is 1. The maximum absolute atomic E-state index is 12.0. The smallest absolute Gasteiger partial charge is 0.277 e. The molecule has 24 heavy (non-hydrogen) atoms. The highest BCUT2D eigenvalue weighted by Gasteiger charge is 2.17. The summed E-state index contributed by atoms with van der Waals surface area (Å²) in [5.74, 6) is 2.19. The third-order valence-electron chi connectivity index (χ3n) is 3.99. The molecule has 124 valence electrons. The highest BCUT2D eigenvalue weighted by Crippen LogP contribution is 2.15. The molecular weight excluding hydrogens is 310 g/mol. The van der Waals surface area contributed by atoms with E-state index in [1.807, 2.05) is 0 Å². The molecule has 0 aliphatic carbocycles. The number of hydrogen-bond donors (Lipinski definition) is 1. The molecule has 9 heteroatoms. The first-order valence-electron chi connectivity index (χ1n) is 7.87. The molecule has 1 N–H and O–H groups in total. The number of aromatic nitrogens is 6. The fraction of sp³-hybridized carbons (Fsp3) is 0.400. The van der Waals surface area contributed by atoms with Crippen molar-refractivity contribution >= 4 is 11.6 Å². The van der Waals surface area contributed by atoms with Gasteiger partial charge in [-0.15, -0.1) is 10.2 Å². The number of fused-ring (bicyclic) bond motifs is 1. The summed E-state index contributed by atoms with van der Waals surface area (Å²) in [4.78, 5) is 12.0. The Hall–Kier alpha value is -2.97. The predicted octanol–water partition coefficient (Wildman–Crippen LogP) is 1.41. The Morgan fingerprint density at radius 1 is 1.38 bits per heavy atom. The van der Waals surface area contributed by atoms with Crippen molar-refractivity contribution in [1.29, 1.82) is 0 Å². The Labute approximate surface area is 137 Å². The van der Waals surface area contributed by atoms with E-state index in [4.69, 9.17) is 4.52 Å². The van der Waals surface area contributed by atoms with Crippen LogP contribution in [0.25, 0.3) is 0 Å². The van der Waals surface area contributed by atoms with Crippen LogP contribution in [0.5, 0.6) is 0 Å². The summed E-state index contributed by atoms with van der Waals surface area (Å²) in [6.07, 6.45) is 6.64. The second kappa shape index (κ2) is 5.91. The van der Waals surface area contributed by atoms with E-state index >= 15 is 0 Å². The number of rotatable bonds is 4. The molecule has 9 nitrogen and oxygen atoms in total. The maximum atomic E-state index is 12.0. The Balaban J connectivity index is 1.45. The monoisotopic (exact) mass is 327 g/mol. The third-order valence-corrected chi connectivity index (χ3v) is 3.99. The van der Waals surface area contributed by atoms with Gasteiger partial charge >= 0.3 is 0 Å². The molecule has 0 bridgehead atoms. The first-order chi connectivity index (χ1) is 11.7. The molecule has 0 saturated carbocycles. The number of aryl methyl sites for hydroxylation is 2. The van der Waals surface area contributed by atoms with E-state index in [1.165, 1.54) is 0 Å². The van der Waals surface area contributed by atoms with Crippen LogP contribution in [-0.4, -0.2) is 35.6 Å². The van der Waals surface area contributed by atoms with E-state index < -0.39 is 0 Å². The van der Waals surface area contributed by atoms with Crippen molar-refractivity contribution in [2.45, 2.75) is 39.3 Å². The van der Waals surface area contributed by atoms with Crippen molar-refractivity contribution in [3.8, 4) is 0 Å². The lowest BCUT2D eigenvalue weighted by atomic mass is 10.2. The molecule has 3 aromatic rings. The standard InChI is InChI=1S/C15H17N7O2/c1-10-6-12(20-24-10)15(23)17-11-7-16-21(8-11)9-14-19-18-13-4-2-3-5-22(13)14/h6-8H,2-5,9H2,1H3,(H,17,23). The van der Waals surface area contributed by atoms with Gasteiger partial charge in [0.25, 0.3) is 5.91 Å². The highest BCUT2D eigenvalue weighted by atomic mass is 16.5. The predicted molar refractivity (Wildman–Crippen MR) is 83.5 cm³/mol. The number of hydrogen-bond acceptors (Lipinski definition) is 6. The summed E-state index contributed by atoms with van der Waals surface area (Å²) < 4.78 is 8.79. The van der Waals surface area contributed by atoms with Crippen LogP contribution in [0.15, 0.2) is 23.0 Å². The van der Waals surface area contributed by atoms with Crippen molar-refractivity contribution in [2.24, 2.45) is 0 Å². The summed E-state index contributed by atoms with van der Waals surface area (Å²) in [5, 5.41) is 19.2. The van der Waals surface area contributed by atoms with Gasteiger partial charge in [0.1, 0.15) is 18.1 Å². The molecule has 4 rings (SSSR count). The summed E-state index contributed by atoms with van der Waals surface area (Å²) in [6, 6.07) is 1.59. The van der Waals surface area contributed by atoms with E-state index in [9.17, 15) is 4.79 Å². The van der Waals surface area contributed by atoms with Gasteiger partial charge in [-0.1, -0.05) is 5.16 Å². The number of anilines is 1. The van der Waals surface area contributed by atoms with Crippen molar-refractivity contribution in [1.82, 2.24) is 29.7 Å². The molecule has 0 saturated heterocycles. The normalized spacial score (nSPS) is 13.7. The van der Waals surface area contributed by atoms with Crippen LogP contribution < -0.4 is 5.32 Å². The van der Waals surface area contributed by atoms with E-state index in [1.54, 1.807) is 30.1 Å². The zero-order valence-corrected chi connectivity index (χ0v) is 13.3. The minimum absolute atomic E-state index is 0.242. The van der Waals surface area contributed by atoms with E-state index in [0.29, 0.717) is 18.0 Å². The average molecular weight is 327 g/mol. The minimum atomic E-state index is -0.328. The molecule has 0 fully saturated rings. The van der Waals surface area contributed by atoms with Gasteiger partial charge in [-0.25, -0.2) is 0 Å². The fourth-order valence-corrected chi connectivity index (χ4v) is 2.81. The quantitative estimate of drug-likeness (QED) is 0.777. The van der Waals surface area contributed by atoms with Crippen LogP contribution in [0, 0.1) is 6.92 Å². The maximum Gasteiger partial charge on any atom is 0.277 e. The van der Waals surface area contributed by atoms with Crippen LogP contribution in [-0.2, 0) is 19.5 Å². The van der Waals surface area contributed by atoms with Crippen molar-refractivity contribution in [3.05, 3.63) is 41.6 Å². The van der Waals surface area contributed by atoms with Crippen molar-refractivity contribution < 1.29 is 9.32 Å². The zero-order chi connectivity index (χ0) is 16.5. The van der Waals surface area contributed by atoms with Gasteiger partial charge in [-0.05, 0) is 19.8 Å². The molecule has 0 aromatic carbocycles. The average Bonchev–Trinajstić information content (AvgIpc) is 3.29. The largest absolute Gasteiger partial charge is 0.361 e. The van der Waals surface area contributed by atoms with E-state index in [2.05, 4.69) is 30.3 Å². The lowest BCUT2D eigenvalue weighted by molar-refractivity contribution is 0.101. The molecule has 0 radical (unpaired) electrons. The molecule has 1 amide bonds. The number of carbonyl (C=O) groups excluding carboxylic acids is 1. The van der Waals surface area contributed by atoms with Crippen molar-refractivity contribution in [2.75, 3.05) is 5.32 Å². The zero-order valence-electron chi connectivity index (χ0n) is 13.3. The minimum Gasteiger partial charge on any atom is -0.361 e. The lowest BCUT2D eigenvalue weighted by Gasteiger charge is -2.14. The van der Waals surface area contributed by atoms with E-state index in [-0.39, 0.29) is 11.6 Å². The second-order valence-corrected chi connectivity index (χ2v) is 5.84. The number of carbonyl (C=O) groups is 1. The first kappa shape index (κ1) is 14.6. The second-order valence-electron chi connectivity index (χ2n) is 5.84. The van der Waals surface area contributed by atoms with E-state index in [0.717, 1.165) is 37.5 Å². The Morgan fingerprint density at radius 2 is 2.29 bits per heavy atom. The number of nitrogens with zero attached hydrogens (tertiary/aromatic N) is 6. The molecule has 1 aliphatic heterocycles. The van der Waals surface area contributed by atoms with Crippen LogP contribution in [0.1, 0.15) is 40.7 Å². The molecule has 0 atom stereocenters. The first-order valence-corrected chi connectivity index (χ1v) is 7.87. The Morgan fingerprint density at radius 3 is 3.12 bits per heavy atom. The van der Waals surface area contributed by atoms with Gasteiger partial charge in [0.2, 0.25) is 0 Å². The molecule has 3 aromatic heterocycles. The Bertz CT molecular complexity index is 876. The number of amides is 1. The SMILES string of the molecule is Cc1cc(C(=O)Nc2cnn(Cc3nnc4n3CCCC4)c2)no1. The van der Waals surface area contributed by atoms with Gasteiger partial charge in [0, 0.05) is 25.2 Å². The van der Waals surface area contributed by atoms with Crippen LogP contribution in [0.4, 0.5) is 5.69 Å². The summed E-state index contributed by atoms with van der Waals surface area (Å²) >= 11 is 0. The molecule has 0 unspecified atom stereocenters. The molecular formula is C15H17N7O2. The van der Waals surface area contributed by atoms with Crippen LogP contribution >= 0.6 is 0 Å². The lowest BCUT2D eigenvalue weighted by Crippen LogP contribution is -2.15. The molecule has 4 heterocycles. The highest BCUT2D eigenvalue weighted by molar-refractivity contribution is 6.02. The van der Waals surface area contributed by atoms with Gasteiger partial charge in [0.15, 0.2) is 11.5 Å². The van der Waals surface area contributed by atoms with Crippen LogP contribution in [0.3, 0.4) is 0 Å². The third kappa shape index (κ3) is 2.80. The van der Waals surface area contributed by atoms with Crippen molar-refractivity contribution in [3.63, 3.8) is 0 Å². The van der Waals surface area contributed by atoms with Gasteiger partial charge < -0.3 is 14.4 Å². The summed E-state index contributed by atoms with van der Waals surface area (Å²) in [5.41, 5.74) is 0.839. The Kier molecular flexibility index (Phi) is 3.60. The topological polar surface area (TPSA) is 104 Å². The van der Waals surface area contributed by atoms with Crippen LogP contribution in [0.2, 0.25) is 0 Å². The summed E-state index contributed by atoms with van der Waals surface area (Å²) in [6.45, 7) is 3.21. The van der Waals surface area contributed by atoms with Gasteiger partial charge in [-0.2, -0.15) is 5.10 Å². The fourth-order valence-electron chi connectivity index (χ4n) is 2.81.